The highest BCUT2D eigenvalue weighted by Gasteiger charge is 2.38. The van der Waals surface area contributed by atoms with Gasteiger partial charge in [0, 0.05) is 0 Å². The Morgan fingerprint density at radius 2 is 2.21 bits per heavy atom. The van der Waals surface area contributed by atoms with Crippen molar-refractivity contribution < 1.29 is 19.4 Å². The molecule has 0 amide bonds. The van der Waals surface area contributed by atoms with E-state index in [0.717, 1.165) is 32.1 Å². The Morgan fingerprint density at radius 3 is 2.79 bits per heavy atom. The van der Waals surface area contributed by atoms with Crippen LogP contribution in [0.4, 0.5) is 0 Å². The molecule has 1 aliphatic rings. The van der Waals surface area contributed by atoms with E-state index in [4.69, 9.17) is 9.15 Å². The van der Waals surface area contributed by atoms with E-state index in [1.807, 2.05) is 19.9 Å². The smallest absolute Gasteiger partial charge is 0.114 e. The van der Waals surface area contributed by atoms with E-state index in [2.05, 4.69) is 12.2 Å². The number of ether oxygens (including phenoxy) is 1. The number of hydrogen-bond acceptors (Lipinski definition) is 4. The van der Waals surface area contributed by atoms with Gasteiger partial charge in [-0.1, -0.05) is 17.7 Å². The first-order valence-corrected chi connectivity index (χ1v) is 8.80. The molecular weight excluding hydrogens is 304 g/mol. The van der Waals surface area contributed by atoms with Crippen LogP contribution in [0.5, 0.6) is 0 Å². The fourth-order valence-corrected chi connectivity index (χ4v) is 3.09. The number of aryl methyl sites for hydroxylation is 1. The number of furan rings is 1. The minimum atomic E-state index is -1.14. The largest absolute Gasteiger partial charge is 0.472 e. The minimum Gasteiger partial charge on any atom is -0.472 e. The van der Waals surface area contributed by atoms with Crippen molar-refractivity contribution in [3.05, 3.63) is 47.5 Å². The van der Waals surface area contributed by atoms with Crippen molar-refractivity contribution in [3.8, 4) is 0 Å². The van der Waals surface area contributed by atoms with Gasteiger partial charge in [0.1, 0.15) is 5.60 Å². The predicted octanol–water partition coefficient (Wildman–Crippen LogP) is 3.79. The number of aliphatic hydroxyl groups excluding tert-OH is 1. The average molecular weight is 334 g/mol. The zero-order chi connectivity index (χ0) is 17.4. The van der Waals surface area contributed by atoms with Crippen LogP contribution < -0.4 is 0 Å². The summed E-state index contributed by atoms with van der Waals surface area (Å²) in [6, 6.07) is 1.99. The normalized spacial score (nSPS) is 22.3. The Kier molecular flexibility index (Phi) is 7.28. The fourth-order valence-electron chi connectivity index (χ4n) is 3.09. The van der Waals surface area contributed by atoms with Crippen LogP contribution >= 0.6 is 0 Å². The monoisotopic (exact) mass is 334 g/mol. The number of hydrogen-bond donors (Lipinski definition) is 2. The van der Waals surface area contributed by atoms with Crippen LogP contribution in [-0.2, 0) is 11.2 Å². The minimum absolute atomic E-state index is 0.256. The zero-order valence-corrected chi connectivity index (χ0v) is 14.8. The predicted molar refractivity (Wildman–Crippen MR) is 94.8 cm³/mol. The van der Waals surface area contributed by atoms with Gasteiger partial charge in [-0.25, -0.2) is 0 Å². The molecule has 134 valence electrons. The van der Waals surface area contributed by atoms with Crippen molar-refractivity contribution in [1.82, 2.24) is 0 Å². The van der Waals surface area contributed by atoms with Crippen molar-refractivity contribution in [2.45, 2.75) is 64.1 Å². The van der Waals surface area contributed by atoms with E-state index in [1.165, 1.54) is 16.7 Å². The standard InChI is InChI=1S/C20H30O4/c1-16(2)5-4-11-20(22,15-21)19-9-8-17(14-24-19)6-3-7-18-10-12-23-13-18/h5-6,10,12-13,19,21-22H,3-4,7-9,11,14-15H2,1-2H3/b17-6+/t19-,20+/m1/s1. The maximum atomic E-state index is 10.7. The lowest BCUT2D eigenvalue weighted by molar-refractivity contribution is -0.141. The van der Waals surface area contributed by atoms with Gasteiger partial charge in [-0.05, 0) is 69.6 Å². The third-order valence-electron chi connectivity index (χ3n) is 4.65. The van der Waals surface area contributed by atoms with Crippen LogP contribution in [0, 0.1) is 0 Å². The lowest BCUT2D eigenvalue weighted by atomic mass is 9.86. The maximum Gasteiger partial charge on any atom is 0.114 e. The van der Waals surface area contributed by atoms with Crippen molar-refractivity contribution in [1.29, 1.82) is 0 Å². The van der Waals surface area contributed by atoms with Gasteiger partial charge in [0.05, 0.1) is 31.8 Å². The number of aliphatic hydroxyl groups is 2. The lowest BCUT2D eigenvalue weighted by Crippen LogP contribution is -2.48. The lowest BCUT2D eigenvalue weighted by Gasteiger charge is -2.37. The van der Waals surface area contributed by atoms with Crippen LogP contribution in [0.3, 0.4) is 0 Å². The molecule has 2 N–H and O–H groups in total. The first-order chi connectivity index (χ1) is 11.5. The van der Waals surface area contributed by atoms with E-state index in [9.17, 15) is 10.2 Å². The van der Waals surface area contributed by atoms with E-state index >= 15 is 0 Å². The summed E-state index contributed by atoms with van der Waals surface area (Å²) in [4.78, 5) is 0. The molecule has 2 heterocycles. The number of allylic oxidation sites excluding steroid dienone is 3. The Hall–Kier alpha value is -1.36. The molecular formula is C20H30O4. The second-order valence-electron chi connectivity index (χ2n) is 6.95. The molecule has 0 radical (unpaired) electrons. The van der Waals surface area contributed by atoms with E-state index in [-0.39, 0.29) is 12.7 Å². The van der Waals surface area contributed by atoms with Crippen LogP contribution in [-0.4, -0.2) is 35.1 Å². The van der Waals surface area contributed by atoms with Crippen LogP contribution in [0.15, 0.2) is 46.3 Å². The molecule has 0 saturated carbocycles. The van der Waals surface area contributed by atoms with Gasteiger partial charge in [0.15, 0.2) is 0 Å². The van der Waals surface area contributed by atoms with Crippen molar-refractivity contribution >= 4 is 0 Å². The average Bonchev–Trinajstić information content (AvgIpc) is 3.08. The SMILES string of the molecule is CC(C)=CCC[C@](O)(CO)[C@H]1CC/C(=C\CCc2ccoc2)CO1. The van der Waals surface area contributed by atoms with E-state index < -0.39 is 5.60 Å². The first-order valence-electron chi connectivity index (χ1n) is 8.80. The van der Waals surface area contributed by atoms with Crippen molar-refractivity contribution in [2.24, 2.45) is 0 Å². The Bertz CT molecular complexity index is 530. The molecule has 24 heavy (non-hydrogen) atoms. The summed E-state index contributed by atoms with van der Waals surface area (Å²) in [7, 11) is 0. The summed E-state index contributed by atoms with van der Waals surface area (Å²) in [6.07, 6.45) is 12.4. The second-order valence-corrected chi connectivity index (χ2v) is 6.95. The van der Waals surface area contributed by atoms with E-state index in [1.54, 1.807) is 12.5 Å². The second kappa shape index (κ2) is 9.21. The van der Waals surface area contributed by atoms with Gasteiger partial charge in [-0.15, -0.1) is 0 Å². The molecule has 1 fully saturated rings. The molecule has 0 spiro atoms. The maximum absolute atomic E-state index is 10.7. The summed E-state index contributed by atoms with van der Waals surface area (Å²) in [6.45, 7) is 4.36. The highest BCUT2D eigenvalue weighted by molar-refractivity contribution is 5.11. The molecule has 1 aliphatic heterocycles. The molecule has 0 aromatic carbocycles. The molecule has 0 aliphatic carbocycles. The third-order valence-corrected chi connectivity index (χ3v) is 4.65. The van der Waals surface area contributed by atoms with Gasteiger partial charge >= 0.3 is 0 Å². The summed E-state index contributed by atoms with van der Waals surface area (Å²) < 4.78 is 10.9. The summed E-state index contributed by atoms with van der Waals surface area (Å²) >= 11 is 0. The Labute approximate surface area is 144 Å². The topological polar surface area (TPSA) is 62.8 Å². The first kappa shape index (κ1) is 19.0. The van der Waals surface area contributed by atoms with Gasteiger partial charge in [0.2, 0.25) is 0 Å². The van der Waals surface area contributed by atoms with Crippen molar-refractivity contribution in [2.75, 3.05) is 13.2 Å². The molecule has 0 unspecified atom stereocenters. The van der Waals surface area contributed by atoms with Gasteiger partial charge in [-0.2, -0.15) is 0 Å². The molecule has 2 rings (SSSR count). The summed E-state index contributed by atoms with van der Waals surface area (Å²) in [5.41, 5.74) is 2.56. The van der Waals surface area contributed by atoms with Gasteiger partial charge in [-0.3, -0.25) is 0 Å². The molecule has 1 saturated heterocycles. The Morgan fingerprint density at radius 1 is 1.38 bits per heavy atom. The summed E-state index contributed by atoms with van der Waals surface area (Å²) in [5.74, 6) is 0. The van der Waals surface area contributed by atoms with Crippen molar-refractivity contribution in [3.63, 3.8) is 0 Å². The van der Waals surface area contributed by atoms with Gasteiger partial charge < -0.3 is 19.4 Å². The highest BCUT2D eigenvalue weighted by atomic mass is 16.5. The quantitative estimate of drug-likeness (QED) is 0.710. The van der Waals surface area contributed by atoms with E-state index in [0.29, 0.717) is 13.0 Å². The van der Waals surface area contributed by atoms with Crippen LogP contribution in [0.2, 0.25) is 0 Å². The van der Waals surface area contributed by atoms with Crippen LogP contribution in [0.25, 0.3) is 0 Å². The molecule has 1 aromatic heterocycles. The molecule has 0 bridgehead atoms. The molecule has 2 atom stereocenters. The Balaban J connectivity index is 1.80. The summed E-state index contributed by atoms with van der Waals surface area (Å²) in [5, 5.41) is 20.4. The fraction of sp³-hybridized carbons (Fsp3) is 0.600. The molecule has 4 nitrogen and oxygen atoms in total. The van der Waals surface area contributed by atoms with Gasteiger partial charge in [0.25, 0.3) is 0 Å². The number of rotatable bonds is 8. The molecule has 1 aromatic rings. The van der Waals surface area contributed by atoms with Crippen LogP contribution in [0.1, 0.15) is 51.5 Å². The zero-order valence-electron chi connectivity index (χ0n) is 14.8. The molecule has 4 heteroatoms. The third kappa shape index (κ3) is 5.62. The highest BCUT2D eigenvalue weighted by Crippen LogP contribution is 2.30.